The summed E-state index contributed by atoms with van der Waals surface area (Å²) in [5.74, 6) is -0.551. The van der Waals surface area contributed by atoms with Crippen LogP contribution < -0.4 is 5.32 Å². The maximum absolute atomic E-state index is 12.6. The van der Waals surface area contributed by atoms with Crippen molar-refractivity contribution in [1.29, 1.82) is 0 Å². The summed E-state index contributed by atoms with van der Waals surface area (Å²) in [4.78, 5) is 21.9. The van der Waals surface area contributed by atoms with Gasteiger partial charge < -0.3 is 10.4 Å². The highest BCUT2D eigenvalue weighted by Crippen LogP contribution is 2.29. The number of nitrogens with zero attached hydrogens (tertiary/aromatic N) is 1. The monoisotopic (exact) mass is 368 g/mol. The van der Waals surface area contributed by atoms with E-state index in [0.717, 1.165) is 12.1 Å². The number of nitro benzene ring substituents is 1. The van der Waals surface area contributed by atoms with Gasteiger partial charge in [-0.1, -0.05) is 18.2 Å². The maximum Gasteiger partial charge on any atom is 0.416 e. The third-order valence-corrected chi connectivity index (χ3v) is 3.60. The summed E-state index contributed by atoms with van der Waals surface area (Å²) >= 11 is 0. The first-order chi connectivity index (χ1) is 12.2. The number of non-ortho nitro benzene ring substituents is 1. The van der Waals surface area contributed by atoms with E-state index in [9.17, 15) is 33.2 Å². The van der Waals surface area contributed by atoms with Crippen LogP contribution >= 0.6 is 0 Å². The third kappa shape index (κ3) is 5.28. The van der Waals surface area contributed by atoms with Crippen molar-refractivity contribution < 1.29 is 28.0 Å². The number of benzene rings is 2. The predicted molar refractivity (Wildman–Crippen MR) is 86.2 cm³/mol. The van der Waals surface area contributed by atoms with Gasteiger partial charge in [-0.25, -0.2) is 0 Å². The summed E-state index contributed by atoms with van der Waals surface area (Å²) in [6.07, 6.45) is -5.85. The zero-order chi connectivity index (χ0) is 19.3. The van der Waals surface area contributed by atoms with Crippen molar-refractivity contribution in [2.45, 2.75) is 18.7 Å². The Morgan fingerprint density at radius 1 is 1.19 bits per heavy atom. The number of alkyl halides is 3. The van der Waals surface area contributed by atoms with E-state index < -0.39 is 28.7 Å². The highest BCUT2D eigenvalue weighted by Gasteiger charge is 2.30. The van der Waals surface area contributed by atoms with E-state index in [4.69, 9.17) is 0 Å². The molecule has 0 heterocycles. The van der Waals surface area contributed by atoms with Crippen LogP contribution in [0.4, 0.5) is 18.9 Å². The van der Waals surface area contributed by atoms with E-state index in [2.05, 4.69) is 5.32 Å². The first-order valence-electron chi connectivity index (χ1n) is 7.52. The molecule has 0 spiro atoms. The summed E-state index contributed by atoms with van der Waals surface area (Å²) < 4.78 is 37.9. The Labute approximate surface area is 146 Å². The molecular weight excluding hydrogens is 353 g/mol. The highest BCUT2D eigenvalue weighted by molar-refractivity contribution is 5.78. The maximum atomic E-state index is 12.6. The summed E-state index contributed by atoms with van der Waals surface area (Å²) in [6.45, 7) is -0.171. The van der Waals surface area contributed by atoms with Crippen LogP contribution in [0.3, 0.4) is 0 Å². The molecule has 0 saturated carbocycles. The molecule has 1 atom stereocenters. The second-order valence-electron chi connectivity index (χ2n) is 5.54. The topological polar surface area (TPSA) is 92.5 Å². The Balaban J connectivity index is 1.91. The number of rotatable bonds is 6. The number of carbonyl (C=O) groups excluding carboxylic acids is 1. The van der Waals surface area contributed by atoms with Gasteiger partial charge in [0.1, 0.15) is 0 Å². The molecule has 2 aromatic rings. The molecule has 26 heavy (non-hydrogen) atoms. The fraction of sp³-hybridized carbons (Fsp3) is 0.235. The molecule has 0 fully saturated rings. The minimum atomic E-state index is -4.49. The SMILES string of the molecule is O=C(Cc1cccc(C(F)(F)F)c1)NC[C@@H](O)c1ccc([N+](=O)[O-])cc1. The molecule has 0 bridgehead atoms. The van der Waals surface area contributed by atoms with E-state index in [1.165, 1.54) is 36.4 Å². The van der Waals surface area contributed by atoms with E-state index in [-0.39, 0.29) is 24.2 Å². The fourth-order valence-corrected chi connectivity index (χ4v) is 2.25. The molecule has 0 unspecified atom stereocenters. The van der Waals surface area contributed by atoms with Gasteiger partial charge in [0.2, 0.25) is 5.91 Å². The molecule has 0 aromatic heterocycles. The first kappa shape index (κ1) is 19.4. The molecule has 2 N–H and O–H groups in total. The van der Waals surface area contributed by atoms with Gasteiger partial charge in [0, 0.05) is 18.7 Å². The van der Waals surface area contributed by atoms with Gasteiger partial charge in [0.05, 0.1) is 23.0 Å². The molecule has 0 aliphatic heterocycles. The van der Waals surface area contributed by atoms with Crippen LogP contribution in [0, 0.1) is 10.1 Å². The van der Waals surface area contributed by atoms with Gasteiger partial charge in [-0.2, -0.15) is 13.2 Å². The van der Waals surface area contributed by atoms with Crippen LogP contribution in [0.1, 0.15) is 22.8 Å². The molecule has 0 aliphatic rings. The average Bonchev–Trinajstić information content (AvgIpc) is 2.59. The summed E-state index contributed by atoms with van der Waals surface area (Å²) in [6, 6.07) is 9.61. The van der Waals surface area contributed by atoms with E-state index >= 15 is 0 Å². The molecular formula is C17H15F3N2O4. The standard InChI is InChI=1S/C17H15F3N2O4/c18-17(19,20)13-3-1-2-11(8-13)9-16(24)21-10-15(23)12-4-6-14(7-5-12)22(25)26/h1-8,15,23H,9-10H2,(H,21,24)/t15-/m1/s1. The van der Waals surface area contributed by atoms with Crippen molar-refractivity contribution in [2.24, 2.45) is 0 Å². The zero-order valence-corrected chi connectivity index (χ0v) is 13.4. The minimum Gasteiger partial charge on any atom is -0.387 e. The summed E-state index contributed by atoms with van der Waals surface area (Å²) in [5, 5.41) is 23.0. The van der Waals surface area contributed by atoms with Crippen molar-refractivity contribution >= 4 is 11.6 Å². The molecule has 2 aromatic carbocycles. The van der Waals surface area contributed by atoms with E-state index in [1.807, 2.05) is 0 Å². The van der Waals surface area contributed by atoms with Gasteiger partial charge in [-0.05, 0) is 29.3 Å². The quantitative estimate of drug-likeness (QED) is 0.606. The largest absolute Gasteiger partial charge is 0.416 e. The second kappa shape index (κ2) is 7.96. The second-order valence-corrected chi connectivity index (χ2v) is 5.54. The molecule has 0 radical (unpaired) electrons. The Morgan fingerprint density at radius 2 is 1.85 bits per heavy atom. The van der Waals surface area contributed by atoms with Crippen LogP contribution in [0.15, 0.2) is 48.5 Å². The van der Waals surface area contributed by atoms with Gasteiger partial charge >= 0.3 is 6.18 Å². The number of amides is 1. The molecule has 9 heteroatoms. The number of nitrogens with one attached hydrogen (secondary N) is 1. The number of aliphatic hydroxyl groups is 1. The number of hydrogen-bond acceptors (Lipinski definition) is 4. The normalized spacial score (nSPS) is 12.5. The minimum absolute atomic E-state index is 0.130. The molecule has 1 amide bonds. The van der Waals surface area contributed by atoms with Gasteiger partial charge in [-0.3, -0.25) is 14.9 Å². The van der Waals surface area contributed by atoms with E-state index in [1.54, 1.807) is 0 Å². The lowest BCUT2D eigenvalue weighted by Gasteiger charge is -2.13. The van der Waals surface area contributed by atoms with E-state index in [0.29, 0.717) is 5.56 Å². The molecule has 6 nitrogen and oxygen atoms in total. The third-order valence-electron chi connectivity index (χ3n) is 3.60. The average molecular weight is 368 g/mol. The highest BCUT2D eigenvalue weighted by atomic mass is 19.4. The van der Waals surface area contributed by atoms with Crippen LogP contribution in [0.5, 0.6) is 0 Å². The number of nitro groups is 1. The Kier molecular flexibility index (Phi) is 5.93. The van der Waals surface area contributed by atoms with Gasteiger partial charge in [-0.15, -0.1) is 0 Å². The molecule has 138 valence electrons. The number of carbonyl (C=O) groups is 1. The number of hydrogen-bond donors (Lipinski definition) is 2. The molecule has 0 aliphatic carbocycles. The molecule has 2 rings (SSSR count). The van der Waals surface area contributed by atoms with Crippen molar-refractivity contribution in [2.75, 3.05) is 6.54 Å². The Morgan fingerprint density at radius 3 is 2.42 bits per heavy atom. The van der Waals surface area contributed by atoms with Crippen LogP contribution in [-0.4, -0.2) is 22.5 Å². The summed E-state index contributed by atoms with van der Waals surface area (Å²) in [5.41, 5.74) is -0.402. The van der Waals surface area contributed by atoms with Gasteiger partial charge in [0.25, 0.3) is 5.69 Å². The lowest BCUT2D eigenvalue weighted by Crippen LogP contribution is -2.29. The lowest BCUT2D eigenvalue weighted by atomic mass is 10.1. The van der Waals surface area contributed by atoms with Crippen molar-refractivity contribution in [1.82, 2.24) is 5.32 Å². The Hall–Kier alpha value is -2.94. The fourth-order valence-electron chi connectivity index (χ4n) is 2.25. The van der Waals surface area contributed by atoms with Crippen molar-refractivity contribution in [3.05, 3.63) is 75.3 Å². The smallest absolute Gasteiger partial charge is 0.387 e. The molecule has 0 saturated heterocycles. The van der Waals surface area contributed by atoms with Crippen molar-refractivity contribution in [3.8, 4) is 0 Å². The lowest BCUT2D eigenvalue weighted by molar-refractivity contribution is -0.384. The van der Waals surface area contributed by atoms with Crippen LogP contribution in [0.2, 0.25) is 0 Å². The number of aliphatic hydroxyl groups excluding tert-OH is 1. The Bertz CT molecular complexity index is 791. The van der Waals surface area contributed by atoms with Crippen LogP contribution in [0.25, 0.3) is 0 Å². The van der Waals surface area contributed by atoms with Gasteiger partial charge in [0.15, 0.2) is 0 Å². The predicted octanol–water partition coefficient (Wildman–Crippen LogP) is 3.01. The zero-order valence-electron chi connectivity index (χ0n) is 13.4. The van der Waals surface area contributed by atoms with Crippen molar-refractivity contribution in [3.63, 3.8) is 0 Å². The number of halogens is 3. The van der Waals surface area contributed by atoms with Crippen LogP contribution in [-0.2, 0) is 17.4 Å². The summed E-state index contributed by atoms with van der Waals surface area (Å²) in [7, 11) is 0. The first-order valence-corrected chi connectivity index (χ1v) is 7.52.